The van der Waals surface area contributed by atoms with Crippen molar-refractivity contribution in [3.63, 3.8) is 0 Å². The minimum Gasteiger partial charge on any atom is -0.347 e. The number of halogens is 1. The zero-order valence-corrected chi connectivity index (χ0v) is 16.3. The van der Waals surface area contributed by atoms with E-state index >= 15 is 0 Å². The molecule has 0 spiro atoms. The summed E-state index contributed by atoms with van der Waals surface area (Å²) in [6.07, 6.45) is 0.207. The summed E-state index contributed by atoms with van der Waals surface area (Å²) in [5.74, 6) is 0.131. The van der Waals surface area contributed by atoms with Gasteiger partial charge in [-0.1, -0.05) is 47.1 Å². The second kappa shape index (κ2) is 8.45. The Morgan fingerprint density at radius 1 is 1.17 bits per heavy atom. The molecule has 1 saturated heterocycles. The molecular weight excluding hydrogens is 392 g/mol. The van der Waals surface area contributed by atoms with Gasteiger partial charge >= 0.3 is 0 Å². The van der Waals surface area contributed by atoms with Gasteiger partial charge in [0, 0.05) is 30.1 Å². The van der Waals surface area contributed by atoms with E-state index in [1.807, 2.05) is 30.3 Å². The molecule has 1 fully saturated rings. The monoisotopic (exact) mass is 410 g/mol. The Hall–Kier alpha value is -3.19. The van der Waals surface area contributed by atoms with Crippen molar-refractivity contribution in [2.24, 2.45) is 5.92 Å². The highest BCUT2D eigenvalue weighted by molar-refractivity contribution is 6.30. The van der Waals surface area contributed by atoms with Crippen molar-refractivity contribution < 1.29 is 14.1 Å². The van der Waals surface area contributed by atoms with E-state index in [1.54, 1.807) is 29.2 Å². The number of nitrogens with one attached hydrogen (secondary N) is 1. The Morgan fingerprint density at radius 3 is 2.69 bits per heavy atom. The SMILES string of the molecule is O=C(NCc1nc(-c2ccc(Cl)cc2)no1)C1CC(=O)N(Cc2ccccc2)C1. The number of likely N-dealkylation sites (tertiary alicyclic amines) is 1. The van der Waals surface area contributed by atoms with Gasteiger partial charge in [-0.3, -0.25) is 9.59 Å². The third-order valence-corrected chi connectivity index (χ3v) is 5.04. The first-order valence-corrected chi connectivity index (χ1v) is 9.64. The Bertz CT molecular complexity index is 1000. The minimum atomic E-state index is -0.384. The number of nitrogens with zero attached hydrogens (tertiary/aromatic N) is 3. The molecule has 1 N–H and O–H groups in total. The number of carbonyl (C=O) groups is 2. The van der Waals surface area contributed by atoms with Crippen LogP contribution in [-0.4, -0.2) is 33.4 Å². The van der Waals surface area contributed by atoms with E-state index in [-0.39, 0.29) is 30.7 Å². The molecule has 2 amide bonds. The molecule has 2 heterocycles. The first-order chi connectivity index (χ1) is 14.1. The summed E-state index contributed by atoms with van der Waals surface area (Å²) in [6, 6.07) is 16.8. The quantitative estimate of drug-likeness (QED) is 0.674. The molecule has 0 radical (unpaired) electrons. The van der Waals surface area contributed by atoms with E-state index < -0.39 is 0 Å². The van der Waals surface area contributed by atoms with Gasteiger partial charge < -0.3 is 14.7 Å². The molecule has 1 atom stereocenters. The van der Waals surface area contributed by atoms with Crippen LogP contribution >= 0.6 is 11.6 Å². The number of rotatable bonds is 6. The van der Waals surface area contributed by atoms with Gasteiger partial charge in [0.05, 0.1) is 12.5 Å². The summed E-state index contributed by atoms with van der Waals surface area (Å²) >= 11 is 5.88. The van der Waals surface area contributed by atoms with E-state index in [0.29, 0.717) is 29.8 Å². The van der Waals surface area contributed by atoms with Crippen LogP contribution in [0.3, 0.4) is 0 Å². The third kappa shape index (κ3) is 4.63. The number of hydrogen-bond donors (Lipinski definition) is 1. The van der Waals surface area contributed by atoms with Crippen LogP contribution < -0.4 is 5.32 Å². The highest BCUT2D eigenvalue weighted by atomic mass is 35.5. The van der Waals surface area contributed by atoms with Crippen LogP contribution in [0.2, 0.25) is 5.02 Å². The van der Waals surface area contributed by atoms with Crippen molar-refractivity contribution in [2.45, 2.75) is 19.5 Å². The molecule has 29 heavy (non-hydrogen) atoms. The minimum absolute atomic E-state index is 0.0168. The average Bonchev–Trinajstić information content (AvgIpc) is 3.35. The maximum absolute atomic E-state index is 12.5. The molecular formula is C21H19ClN4O3. The number of aromatic nitrogens is 2. The zero-order valence-electron chi connectivity index (χ0n) is 15.5. The molecule has 0 saturated carbocycles. The summed E-state index contributed by atoms with van der Waals surface area (Å²) in [7, 11) is 0. The molecule has 1 aliphatic heterocycles. The first-order valence-electron chi connectivity index (χ1n) is 9.26. The predicted molar refractivity (Wildman–Crippen MR) is 107 cm³/mol. The van der Waals surface area contributed by atoms with Gasteiger partial charge in [0.2, 0.25) is 23.5 Å². The lowest BCUT2D eigenvalue weighted by molar-refractivity contribution is -0.129. The standard InChI is InChI=1S/C21H19ClN4O3/c22-17-8-6-15(7-9-17)20-24-18(29-25-20)11-23-21(28)16-10-19(27)26(13-16)12-14-4-2-1-3-5-14/h1-9,16H,10-13H2,(H,23,28). The van der Waals surface area contributed by atoms with Crippen LogP contribution in [0, 0.1) is 5.92 Å². The molecule has 4 rings (SSSR count). The molecule has 1 aliphatic rings. The zero-order chi connectivity index (χ0) is 20.2. The Labute approximate surface area is 172 Å². The maximum Gasteiger partial charge on any atom is 0.246 e. The lowest BCUT2D eigenvalue weighted by Gasteiger charge is -2.16. The largest absolute Gasteiger partial charge is 0.347 e. The van der Waals surface area contributed by atoms with Gasteiger partial charge in [0.1, 0.15) is 0 Å². The topological polar surface area (TPSA) is 88.3 Å². The molecule has 0 aliphatic carbocycles. The van der Waals surface area contributed by atoms with Crippen molar-refractivity contribution >= 4 is 23.4 Å². The Balaban J connectivity index is 1.31. The van der Waals surface area contributed by atoms with Crippen LogP contribution in [-0.2, 0) is 22.7 Å². The van der Waals surface area contributed by atoms with Gasteiger partial charge in [0.25, 0.3) is 0 Å². The van der Waals surface area contributed by atoms with Gasteiger partial charge in [-0.25, -0.2) is 0 Å². The van der Waals surface area contributed by atoms with Crippen molar-refractivity contribution in [3.8, 4) is 11.4 Å². The van der Waals surface area contributed by atoms with E-state index in [2.05, 4.69) is 15.5 Å². The van der Waals surface area contributed by atoms with Crippen LogP contribution in [0.4, 0.5) is 0 Å². The van der Waals surface area contributed by atoms with Crippen LogP contribution in [0.15, 0.2) is 59.1 Å². The highest BCUT2D eigenvalue weighted by Crippen LogP contribution is 2.21. The Morgan fingerprint density at radius 2 is 1.93 bits per heavy atom. The third-order valence-electron chi connectivity index (χ3n) is 4.79. The smallest absolute Gasteiger partial charge is 0.246 e. The maximum atomic E-state index is 12.5. The molecule has 148 valence electrons. The summed E-state index contributed by atoms with van der Waals surface area (Å²) in [6.45, 7) is 1.03. The van der Waals surface area contributed by atoms with Crippen molar-refractivity contribution in [2.75, 3.05) is 6.54 Å². The molecule has 7 nitrogen and oxygen atoms in total. The van der Waals surface area contributed by atoms with E-state index in [0.717, 1.165) is 11.1 Å². The molecule has 2 aromatic carbocycles. The lowest BCUT2D eigenvalue weighted by atomic mass is 10.1. The molecule has 1 unspecified atom stereocenters. The van der Waals surface area contributed by atoms with E-state index in [1.165, 1.54) is 0 Å². The molecule has 3 aromatic rings. The van der Waals surface area contributed by atoms with Crippen LogP contribution in [0.25, 0.3) is 11.4 Å². The van der Waals surface area contributed by atoms with Gasteiger partial charge in [0.15, 0.2) is 0 Å². The summed E-state index contributed by atoms with van der Waals surface area (Å²) < 4.78 is 5.20. The highest BCUT2D eigenvalue weighted by Gasteiger charge is 2.34. The predicted octanol–water partition coefficient (Wildman–Crippen LogP) is 3.05. The molecule has 8 heteroatoms. The molecule has 1 aromatic heterocycles. The van der Waals surface area contributed by atoms with Gasteiger partial charge in [-0.2, -0.15) is 4.98 Å². The van der Waals surface area contributed by atoms with Crippen molar-refractivity contribution in [1.82, 2.24) is 20.4 Å². The Kier molecular flexibility index (Phi) is 5.57. The van der Waals surface area contributed by atoms with Crippen molar-refractivity contribution in [1.29, 1.82) is 0 Å². The van der Waals surface area contributed by atoms with Crippen LogP contribution in [0.5, 0.6) is 0 Å². The average molecular weight is 411 g/mol. The van der Waals surface area contributed by atoms with E-state index in [4.69, 9.17) is 16.1 Å². The summed E-state index contributed by atoms with van der Waals surface area (Å²) in [4.78, 5) is 30.7. The fourth-order valence-electron chi connectivity index (χ4n) is 3.25. The number of carbonyl (C=O) groups excluding carboxylic acids is 2. The normalized spacial score (nSPS) is 16.2. The number of hydrogen-bond acceptors (Lipinski definition) is 5. The van der Waals surface area contributed by atoms with Gasteiger partial charge in [-0.05, 0) is 29.8 Å². The molecule has 0 bridgehead atoms. The van der Waals surface area contributed by atoms with Gasteiger partial charge in [-0.15, -0.1) is 0 Å². The number of amides is 2. The van der Waals surface area contributed by atoms with Crippen molar-refractivity contribution in [3.05, 3.63) is 71.1 Å². The van der Waals surface area contributed by atoms with Crippen LogP contribution in [0.1, 0.15) is 17.9 Å². The summed E-state index contributed by atoms with van der Waals surface area (Å²) in [5.41, 5.74) is 1.82. The lowest BCUT2D eigenvalue weighted by Crippen LogP contribution is -2.32. The fraction of sp³-hybridized carbons (Fsp3) is 0.238. The second-order valence-electron chi connectivity index (χ2n) is 6.90. The van der Waals surface area contributed by atoms with E-state index in [9.17, 15) is 9.59 Å². The fourth-order valence-corrected chi connectivity index (χ4v) is 3.38. The number of benzene rings is 2. The first kappa shape index (κ1) is 19.1. The summed E-state index contributed by atoms with van der Waals surface area (Å²) in [5, 5.41) is 7.33. The second-order valence-corrected chi connectivity index (χ2v) is 7.33.